The molecule has 0 radical (unpaired) electrons. The van der Waals surface area contributed by atoms with Crippen molar-refractivity contribution in [2.75, 3.05) is 0 Å². The fourth-order valence-corrected chi connectivity index (χ4v) is 52.7. The van der Waals surface area contributed by atoms with E-state index in [2.05, 4.69) is 172 Å². The number of para-hydroxylation sites is 2. The first-order valence-corrected chi connectivity index (χ1v) is 25.4. The van der Waals surface area contributed by atoms with Crippen LogP contribution in [0.15, 0.2) is 158 Å². The Morgan fingerprint density at radius 1 is 0.422 bits per heavy atom. The van der Waals surface area contributed by atoms with E-state index in [0.717, 1.165) is 11.5 Å². The molecule has 0 fully saturated rings. The van der Waals surface area contributed by atoms with Crippen molar-refractivity contribution in [1.29, 1.82) is 0 Å². The molecule has 6 aromatic rings. The summed E-state index contributed by atoms with van der Waals surface area (Å²) in [6, 6.07) is 57.1. The van der Waals surface area contributed by atoms with Gasteiger partial charge in [0.1, 0.15) is 0 Å². The standard InChI is InChI=1S/C39H35Cl2OP3/c1-39(2)33-25-15-27-35-37(33)42-38-34(39)26-16-28-36(38)44(31-21-11-5-12-22-31,32-23-13-6-14-24-32)45(40,41)43(35,29-17-7-3-8-18-29)30-19-9-4-10-20-30/h3-28,43-45H,1-2H3. The maximum atomic E-state index is 8.80. The summed E-state index contributed by atoms with van der Waals surface area (Å²) < 4.78 is 7.38. The third-order valence-corrected chi connectivity index (χ3v) is 46.9. The predicted octanol–water partition coefficient (Wildman–Crippen LogP) is 9.07. The molecule has 2 heterocycles. The van der Waals surface area contributed by atoms with Gasteiger partial charge in [-0.3, -0.25) is 0 Å². The SMILES string of the molecule is CC1(C)c2cccc3c2Oc2c1cccc2[PH](c1ccccc1)(c1ccccc1)[PH](Cl)(Cl)[PH]3(c1ccccc1)c1ccccc1. The topological polar surface area (TPSA) is 9.23 Å². The van der Waals surface area contributed by atoms with Gasteiger partial charge >= 0.3 is 278 Å². The summed E-state index contributed by atoms with van der Waals surface area (Å²) in [5, 5.41) is 3.62. The van der Waals surface area contributed by atoms with Gasteiger partial charge in [-0.2, -0.15) is 0 Å². The summed E-state index contributed by atoms with van der Waals surface area (Å²) in [7, 11) is 0. The van der Waals surface area contributed by atoms with Crippen LogP contribution < -0.4 is 36.6 Å². The van der Waals surface area contributed by atoms with Crippen LogP contribution in [0.1, 0.15) is 25.0 Å². The normalized spacial score (nSPS) is 19.9. The zero-order chi connectivity index (χ0) is 30.9. The Labute approximate surface area is 276 Å². The summed E-state index contributed by atoms with van der Waals surface area (Å²) in [5.41, 5.74) is 2.07. The van der Waals surface area contributed by atoms with Gasteiger partial charge in [0.25, 0.3) is 0 Å². The van der Waals surface area contributed by atoms with Crippen LogP contribution in [-0.4, -0.2) is 0 Å². The van der Waals surface area contributed by atoms with Crippen molar-refractivity contribution in [1.82, 2.24) is 0 Å². The molecular formula is C39H35Cl2OP3. The Bertz CT molecular complexity index is 1810. The first-order chi connectivity index (χ1) is 21.9. The second-order valence-corrected chi connectivity index (χ2v) is 38.5. The minimum absolute atomic E-state index is 0.295. The zero-order valence-electron chi connectivity index (χ0n) is 25.2. The van der Waals surface area contributed by atoms with Gasteiger partial charge in [-0.25, -0.2) is 0 Å². The maximum absolute atomic E-state index is 8.80. The van der Waals surface area contributed by atoms with Crippen LogP contribution in [0.5, 0.6) is 11.5 Å². The van der Waals surface area contributed by atoms with Crippen molar-refractivity contribution >= 4 is 73.6 Å². The van der Waals surface area contributed by atoms with Gasteiger partial charge in [0.05, 0.1) is 0 Å². The average molecular weight is 684 g/mol. The van der Waals surface area contributed by atoms with Gasteiger partial charge < -0.3 is 0 Å². The van der Waals surface area contributed by atoms with E-state index in [-0.39, 0.29) is 5.41 Å². The van der Waals surface area contributed by atoms with E-state index in [9.17, 15) is 0 Å². The number of ether oxygens (including phenoxy) is 1. The van der Waals surface area contributed by atoms with Crippen molar-refractivity contribution in [2.45, 2.75) is 19.3 Å². The van der Waals surface area contributed by atoms with E-state index in [0.29, 0.717) is 0 Å². The molecule has 0 amide bonds. The van der Waals surface area contributed by atoms with Crippen molar-refractivity contribution in [2.24, 2.45) is 0 Å². The molecule has 0 saturated carbocycles. The van der Waals surface area contributed by atoms with Crippen LogP contribution in [0.3, 0.4) is 0 Å². The molecule has 6 aromatic carbocycles. The summed E-state index contributed by atoms with van der Waals surface area (Å²) in [6.45, 7) is -1.93. The number of halogens is 2. The molecule has 0 N–H and O–H groups in total. The average Bonchev–Trinajstić information content (AvgIpc) is 3.07. The molecule has 2 aliphatic heterocycles. The Morgan fingerprint density at radius 2 is 0.733 bits per heavy atom. The van der Waals surface area contributed by atoms with E-state index in [1.54, 1.807) is 0 Å². The number of hydrogen-bond donors (Lipinski definition) is 0. The second-order valence-electron chi connectivity index (χ2n) is 12.6. The molecule has 8 rings (SSSR count). The molecule has 2 bridgehead atoms. The number of hydrogen-bond acceptors (Lipinski definition) is 1. The van der Waals surface area contributed by atoms with Crippen molar-refractivity contribution in [3.05, 3.63) is 169 Å². The molecule has 0 aliphatic carbocycles. The van der Waals surface area contributed by atoms with Gasteiger partial charge in [0, 0.05) is 0 Å². The van der Waals surface area contributed by atoms with Crippen molar-refractivity contribution in [3.63, 3.8) is 0 Å². The zero-order valence-corrected chi connectivity index (χ0v) is 29.7. The van der Waals surface area contributed by atoms with Crippen LogP contribution in [0.2, 0.25) is 0 Å². The molecule has 1 nitrogen and oxygen atoms in total. The second kappa shape index (κ2) is 10.8. The summed E-state index contributed by atoms with van der Waals surface area (Å²) in [5.74, 6) is 1.87. The quantitative estimate of drug-likeness (QED) is 0.169. The molecule has 0 aromatic heterocycles. The van der Waals surface area contributed by atoms with Crippen LogP contribution in [-0.2, 0) is 5.41 Å². The van der Waals surface area contributed by atoms with Crippen molar-refractivity contribution < 1.29 is 4.74 Å². The predicted molar refractivity (Wildman–Crippen MR) is 205 cm³/mol. The first kappa shape index (κ1) is 29.4. The minimum atomic E-state index is -3.60. The summed E-state index contributed by atoms with van der Waals surface area (Å²) in [6.07, 6.45) is 0. The Morgan fingerprint density at radius 3 is 1.04 bits per heavy atom. The molecule has 2 aliphatic rings. The summed E-state index contributed by atoms with van der Waals surface area (Å²) in [4.78, 5) is 0. The van der Waals surface area contributed by atoms with Crippen molar-refractivity contribution in [3.8, 4) is 11.5 Å². The molecular weight excluding hydrogens is 648 g/mol. The number of rotatable bonds is 4. The van der Waals surface area contributed by atoms with Crippen LogP contribution >= 0.6 is 41.7 Å². The van der Waals surface area contributed by atoms with Gasteiger partial charge in [-0.15, -0.1) is 0 Å². The van der Waals surface area contributed by atoms with Gasteiger partial charge in [0.15, 0.2) is 0 Å². The fraction of sp³-hybridized carbons (Fsp3) is 0.0769. The van der Waals surface area contributed by atoms with Gasteiger partial charge in [-0.05, 0) is 0 Å². The van der Waals surface area contributed by atoms with Gasteiger partial charge in [0.2, 0.25) is 0 Å². The van der Waals surface area contributed by atoms with Crippen LogP contribution in [0.4, 0.5) is 0 Å². The third-order valence-electron chi connectivity index (χ3n) is 10.2. The molecule has 0 unspecified atom stereocenters. The van der Waals surface area contributed by atoms with E-state index in [1.165, 1.54) is 43.0 Å². The van der Waals surface area contributed by atoms with Crippen LogP contribution in [0.25, 0.3) is 0 Å². The Hall–Kier alpha value is -3.01. The Balaban J connectivity index is 1.70. The third kappa shape index (κ3) is 3.86. The molecule has 6 heteroatoms. The van der Waals surface area contributed by atoms with E-state index in [1.807, 2.05) is 0 Å². The number of benzene rings is 6. The molecule has 0 saturated heterocycles. The fourth-order valence-electron chi connectivity index (χ4n) is 8.17. The first-order valence-electron chi connectivity index (χ1n) is 15.4. The van der Waals surface area contributed by atoms with Gasteiger partial charge in [-0.1, -0.05) is 0 Å². The molecule has 45 heavy (non-hydrogen) atoms. The van der Waals surface area contributed by atoms with E-state index in [4.69, 9.17) is 27.2 Å². The summed E-state index contributed by atoms with van der Waals surface area (Å²) >= 11 is 17.6. The molecule has 0 spiro atoms. The van der Waals surface area contributed by atoms with Crippen LogP contribution in [0, 0.1) is 0 Å². The monoisotopic (exact) mass is 682 g/mol. The molecule has 0 atom stereocenters. The van der Waals surface area contributed by atoms with E-state index >= 15 is 0 Å². The van der Waals surface area contributed by atoms with E-state index < -0.39 is 19.2 Å². The Kier molecular flexibility index (Phi) is 7.04. The molecule has 226 valence electrons.